The molecule has 0 aromatic carbocycles. The lowest BCUT2D eigenvalue weighted by Gasteiger charge is -2.37. The normalized spacial score (nSPS) is 35.2. The van der Waals surface area contributed by atoms with Gasteiger partial charge < -0.3 is 39.4 Å². The molecule has 0 aromatic heterocycles. The third-order valence-electron chi connectivity index (χ3n) is 9.39. The van der Waals surface area contributed by atoms with Crippen LogP contribution in [0.25, 0.3) is 0 Å². The van der Waals surface area contributed by atoms with E-state index in [0.29, 0.717) is 32.6 Å². The molecule has 1 amide bonds. The lowest BCUT2D eigenvalue weighted by atomic mass is 9.88. The van der Waals surface area contributed by atoms with Crippen LogP contribution in [0.4, 0.5) is 4.79 Å². The van der Waals surface area contributed by atoms with Gasteiger partial charge >= 0.3 is 12.1 Å². The van der Waals surface area contributed by atoms with Crippen LogP contribution in [0.1, 0.15) is 73.6 Å². The van der Waals surface area contributed by atoms with Crippen molar-refractivity contribution in [3.05, 3.63) is 36.0 Å². The number of carbonyl (C=O) groups excluding carboxylic acids is 2. The molecule has 3 rings (SSSR count). The second kappa shape index (κ2) is 16.9. The van der Waals surface area contributed by atoms with Crippen molar-refractivity contribution in [1.82, 2.24) is 10.2 Å². The molecule has 0 aromatic rings. The van der Waals surface area contributed by atoms with Crippen LogP contribution < -0.4 is 5.32 Å². The third-order valence-corrected chi connectivity index (χ3v) is 9.39. The first kappa shape index (κ1) is 36.2. The van der Waals surface area contributed by atoms with Crippen molar-refractivity contribution >= 4 is 12.1 Å². The van der Waals surface area contributed by atoms with Gasteiger partial charge in [0.15, 0.2) is 6.10 Å². The van der Waals surface area contributed by atoms with Crippen molar-refractivity contribution in [3.8, 4) is 0 Å². The maximum Gasteiger partial charge on any atom is 0.410 e. The molecule has 250 valence electrons. The molecule has 10 atom stereocenters. The topological polar surface area (TPSA) is 130 Å². The van der Waals surface area contributed by atoms with Crippen LogP contribution in [0.3, 0.4) is 0 Å². The Morgan fingerprint density at radius 2 is 1.98 bits per heavy atom. The number of amides is 1. The molecule has 0 aliphatic carbocycles. The molecule has 0 saturated carbocycles. The van der Waals surface area contributed by atoms with Gasteiger partial charge in [-0.3, -0.25) is 4.79 Å². The fourth-order valence-electron chi connectivity index (χ4n) is 6.02. The Morgan fingerprint density at radius 1 is 1.27 bits per heavy atom. The number of esters is 1. The van der Waals surface area contributed by atoms with Crippen LogP contribution in [-0.4, -0.2) is 103 Å². The summed E-state index contributed by atoms with van der Waals surface area (Å²) >= 11 is 0. The predicted molar refractivity (Wildman–Crippen MR) is 169 cm³/mol. The van der Waals surface area contributed by atoms with E-state index in [4.69, 9.17) is 18.9 Å². The third kappa shape index (κ3) is 10.4. The highest BCUT2D eigenvalue weighted by Crippen LogP contribution is 2.36. The number of hydrogen-bond acceptors (Lipinski definition) is 9. The summed E-state index contributed by atoms with van der Waals surface area (Å²) in [6, 6.07) is 0. The summed E-state index contributed by atoms with van der Waals surface area (Å²) in [6.07, 6.45) is 9.25. The Balaban J connectivity index is 1.74. The van der Waals surface area contributed by atoms with Crippen LogP contribution in [0.2, 0.25) is 0 Å². The minimum absolute atomic E-state index is 0.108. The van der Waals surface area contributed by atoms with E-state index in [2.05, 4.69) is 18.3 Å². The van der Waals surface area contributed by atoms with Crippen LogP contribution >= 0.6 is 0 Å². The van der Waals surface area contributed by atoms with Gasteiger partial charge in [0.1, 0.15) is 11.7 Å². The number of aliphatic hydroxyl groups is 2. The van der Waals surface area contributed by atoms with E-state index in [1.54, 1.807) is 12.0 Å². The van der Waals surface area contributed by atoms with Gasteiger partial charge in [0, 0.05) is 45.1 Å². The van der Waals surface area contributed by atoms with Gasteiger partial charge in [-0.1, -0.05) is 52.0 Å². The quantitative estimate of drug-likeness (QED) is 0.143. The number of rotatable bonds is 10. The maximum absolute atomic E-state index is 13.1. The molecule has 3 heterocycles. The van der Waals surface area contributed by atoms with Crippen molar-refractivity contribution in [1.29, 1.82) is 0 Å². The van der Waals surface area contributed by atoms with Crippen LogP contribution in [0.15, 0.2) is 36.0 Å². The molecule has 3 aliphatic rings. The SMILES string of the molecule is CC[C@@H](O)[C@@H](C)[C@H]1O[C@@H]1C[C@@H](C)/C=C/C=C(\C)[C@H]1OC(=O)C[C@@H](O)CC[C@](C)(OC)[C@@H](OC(=O)N2CCNCC2)/C=C/[C@@H]1C. The van der Waals surface area contributed by atoms with Crippen LogP contribution in [-0.2, 0) is 23.7 Å². The summed E-state index contributed by atoms with van der Waals surface area (Å²) in [6.45, 7) is 14.5. The van der Waals surface area contributed by atoms with Gasteiger partial charge in [0.25, 0.3) is 0 Å². The fraction of sp³-hybridized carbons (Fsp3) is 0.765. The van der Waals surface area contributed by atoms with Gasteiger partial charge in [-0.25, -0.2) is 4.79 Å². The minimum Gasteiger partial charge on any atom is -0.457 e. The Morgan fingerprint density at radius 3 is 2.64 bits per heavy atom. The van der Waals surface area contributed by atoms with E-state index in [9.17, 15) is 19.8 Å². The van der Waals surface area contributed by atoms with Crippen molar-refractivity contribution < 1.29 is 38.7 Å². The average molecular weight is 621 g/mol. The molecular weight excluding hydrogens is 564 g/mol. The molecular formula is C34H56N2O8. The highest BCUT2D eigenvalue weighted by molar-refractivity contribution is 5.70. The van der Waals surface area contributed by atoms with Crippen molar-refractivity contribution in [3.63, 3.8) is 0 Å². The standard InChI is InChI=1S/C34H56N2O8/c1-8-27(38)25(5)32-28(42-32)20-22(2)10-9-11-23(3)31-24(4)12-13-29(43-33(40)36-18-16-35-17-19-36)34(6,41-7)15-14-26(37)21-30(39)44-31/h9-13,22,24-29,31-32,35,37-38H,8,14-21H2,1-7H3/b10-9+,13-12+,23-11+/t22-,24-,25+,26-,27+,28+,29-,31+,32+,34-/m0/s1. The molecule has 2 saturated heterocycles. The summed E-state index contributed by atoms with van der Waals surface area (Å²) in [5.74, 6) is -0.316. The number of piperazine rings is 1. The number of cyclic esters (lactones) is 1. The zero-order valence-electron chi connectivity index (χ0n) is 27.7. The highest BCUT2D eigenvalue weighted by atomic mass is 16.6. The van der Waals surface area contributed by atoms with E-state index >= 15 is 0 Å². The Labute approximate surface area is 263 Å². The second-order valence-corrected chi connectivity index (χ2v) is 13.1. The summed E-state index contributed by atoms with van der Waals surface area (Å²) in [5.41, 5.74) is -0.0467. The Kier molecular flexibility index (Phi) is 13.9. The molecule has 10 heteroatoms. The van der Waals surface area contributed by atoms with Crippen molar-refractivity contribution in [2.45, 2.75) is 116 Å². The fourth-order valence-corrected chi connectivity index (χ4v) is 6.02. The molecule has 3 N–H and O–H groups in total. The minimum atomic E-state index is -0.916. The predicted octanol–water partition coefficient (Wildman–Crippen LogP) is 4.15. The molecule has 0 radical (unpaired) electrons. The number of ether oxygens (including phenoxy) is 4. The first-order valence-corrected chi connectivity index (χ1v) is 16.3. The van der Waals surface area contributed by atoms with Gasteiger partial charge in [-0.2, -0.15) is 0 Å². The van der Waals surface area contributed by atoms with E-state index < -0.39 is 36.0 Å². The van der Waals surface area contributed by atoms with Crippen molar-refractivity contribution in [2.24, 2.45) is 17.8 Å². The summed E-state index contributed by atoms with van der Waals surface area (Å²) in [5, 5.41) is 24.0. The first-order valence-electron chi connectivity index (χ1n) is 16.3. The van der Waals surface area contributed by atoms with Gasteiger partial charge in [0.2, 0.25) is 0 Å². The molecule has 3 aliphatic heterocycles. The number of epoxide rings is 1. The molecule has 10 nitrogen and oxygen atoms in total. The largest absolute Gasteiger partial charge is 0.457 e. The lowest BCUT2D eigenvalue weighted by molar-refractivity contribution is -0.151. The van der Waals surface area contributed by atoms with Crippen LogP contribution in [0.5, 0.6) is 0 Å². The van der Waals surface area contributed by atoms with E-state index in [0.717, 1.165) is 18.4 Å². The zero-order chi connectivity index (χ0) is 32.4. The average Bonchev–Trinajstić information content (AvgIpc) is 3.78. The van der Waals surface area contributed by atoms with Crippen molar-refractivity contribution in [2.75, 3.05) is 33.3 Å². The Bertz CT molecular complexity index is 1020. The smallest absolute Gasteiger partial charge is 0.410 e. The highest BCUT2D eigenvalue weighted by Gasteiger charge is 2.45. The number of carbonyl (C=O) groups is 2. The van der Waals surface area contributed by atoms with E-state index in [1.165, 1.54) is 0 Å². The molecule has 0 spiro atoms. The molecule has 0 unspecified atom stereocenters. The number of methoxy groups -OCH3 is 1. The second-order valence-electron chi connectivity index (χ2n) is 13.1. The molecule has 2 fully saturated rings. The summed E-state index contributed by atoms with van der Waals surface area (Å²) in [7, 11) is 1.57. The van der Waals surface area contributed by atoms with Gasteiger partial charge in [-0.05, 0) is 57.1 Å². The van der Waals surface area contributed by atoms with E-state index in [1.807, 2.05) is 58.9 Å². The summed E-state index contributed by atoms with van der Waals surface area (Å²) in [4.78, 5) is 27.6. The van der Waals surface area contributed by atoms with Gasteiger partial charge in [0.05, 0.1) is 30.8 Å². The number of nitrogens with zero attached hydrogens (tertiary/aromatic N) is 1. The van der Waals surface area contributed by atoms with Gasteiger partial charge in [-0.15, -0.1) is 0 Å². The van der Waals surface area contributed by atoms with Crippen LogP contribution in [0, 0.1) is 17.8 Å². The maximum atomic E-state index is 13.1. The lowest BCUT2D eigenvalue weighted by Crippen LogP contribution is -2.50. The zero-order valence-corrected chi connectivity index (χ0v) is 27.7. The number of aliphatic hydroxyl groups excluding tert-OH is 2. The summed E-state index contributed by atoms with van der Waals surface area (Å²) < 4.78 is 23.7. The monoisotopic (exact) mass is 620 g/mol. The first-order chi connectivity index (χ1) is 20.9. The number of allylic oxidation sites excluding steroid dienone is 3. The van der Waals surface area contributed by atoms with E-state index in [-0.39, 0.29) is 48.9 Å². The number of hydrogen-bond donors (Lipinski definition) is 3. The Hall–Kier alpha value is -2.24. The molecule has 0 bridgehead atoms. The number of nitrogens with one attached hydrogen (secondary N) is 1. The molecule has 44 heavy (non-hydrogen) atoms.